The van der Waals surface area contributed by atoms with Gasteiger partial charge in [0.1, 0.15) is 0 Å². The Kier molecular flexibility index (Phi) is 6.23. The number of phenolic OH excluding ortho intramolecular Hbond substituents is 1. The summed E-state index contributed by atoms with van der Waals surface area (Å²) in [6.45, 7) is 0. The summed E-state index contributed by atoms with van der Waals surface area (Å²) in [7, 11) is 1.52. The fraction of sp³-hybridized carbons (Fsp3) is 0.125. The molecule has 0 aliphatic carbocycles. The fourth-order valence-corrected chi connectivity index (χ4v) is 4.84. The van der Waals surface area contributed by atoms with E-state index in [1.54, 1.807) is 6.07 Å². The van der Waals surface area contributed by atoms with Crippen LogP contribution in [0.15, 0.2) is 71.9 Å². The van der Waals surface area contributed by atoms with Crippen molar-refractivity contribution in [3.8, 4) is 28.6 Å². The fourth-order valence-electron chi connectivity index (χ4n) is 3.48. The molecule has 33 heavy (non-hydrogen) atoms. The second-order valence-corrected chi connectivity index (χ2v) is 9.37. The van der Waals surface area contributed by atoms with Crippen molar-refractivity contribution in [1.82, 2.24) is 15.2 Å². The number of anilines is 1. The highest BCUT2D eigenvalue weighted by Crippen LogP contribution is 2.41. The molecule has 1 aliphatic heterocycles. The van der Waals surface area contributed by atoms with E-state index in [9.17, 15) is 5.11 Å². The van der Waals surface area contributed by atoms with Crippen LogP contribution >= 0.6 is 34.4 Å². The van der Waals surface area contributed by atoms with Crippen LogP contribution in [0.4, 0.5) is 5.69 Å². The normalized spacial score (nSPS) is 14.3. The van der Waals surface area contributed by atoms with Crippen LogP contribution in [-0.2, 0) is 5.75 Å². The number of aromatic hydroxyl groups is 1. The first-order chi connectivity index (χ1) is 16.1. The molecular formula is C24H19IN4O3S. The zero-order valence-corrected chi connectivity index (χ0v) is 20.5. The molecule has 0 radical (unpaired) electrons. The molecule has 0 unspecified atom stereocenters. The van der Waals surface area contributed by atoms with Crippen molar-refractivity contribution in [2.45, 2.75) is 17.1 Å². The molecule has 4 aromatic rings. The molecule has 0 fully saturated rings. The average Bonchev–Trinajstić information content (AvgIpc) is 3.01. The van der Waals surface area contributed by atoms with E-state index in [4.69, 9.17) is 14.5 Å². The van der Waals surface area contributed by atoms with Gasteiger partial charge in [-0.05, 0) is 46.4 Å². The summed E-state index contributed by atoms with van der Waals surface area (Å²) < 4.78 is 12.3. The molecule has 0 saturated heterocycles. The number of para-hydroxylation sites is 1. The van der Waals surface area contributed by atoms with Crippen LogP contribution in [0, 0.1) is 3.57 Å². The van der Waals surface area contributed by atoms with Crippen LogP contribution in [-0.4, -0.2) is 27.4 Å². The minimum absolute atomic E-state index is 0.0971. The van der Waals surface area contributed by atoms with Crippen molar-refractivity contribution in [3.05, 3.63) is 81.4 Å². The van der Waals surface area contributed by atoms with E-state index in [2.05, 4.69) is 50.2 Å². The van der Waals surface area contributed by atoms with E-state index in [1.807, 2.05) is 48.5 Å². The van der Waals surface area contributed by atoms with Crippen molar-refractivity contribution in [3.63, 3.8) is 0 Å². The number of methoxy groups -OCH3 is 1. The maximum atomic E-state index is 10.3. The smallest absolute Gasteiger partial charge is 0.247 e. The second-order valence-electron chi connectivity index (χ2n) is 7.26. The number of nitrogens with one attached hydrogen (secondary N) is 1. The summed E-state index contributed by atoms with van der Waals surface area (Å²) in [5.74, 6) is 1.59. The van der Waals surface area contributed by atoms with Crippen LogP contribution in [0.25, 0.3) is 11.3 Å². The number of thioether (sulfide) groups is 1. The predicted octanol–water partition coefficient (Wildman–Crippen LogP) is 5.65. The van der Waals surface area contributed by atoms with Gasteiger partial charge >= 0.3 is 0 Å². The first-order valence-corrected chi connectivity index (χ1v) is 12.2. The van der Waals surface area contributed by atoms with Crippen LogP contribution in [0.2, 0.25) is 0 Å². The zero-order chi connectivity index (χ0) is 22.8. The van der Waals surface area contributed by atoms with Gasteiger partial charge in [-0.1, -0.05) is 60.3 Å². The first kappa shape index (κ1) is 21.8. The molecular weight excluding hydrogens is 551 g/mol. The molecule has 0 saturated carbocycles. The van der Waals surface area contributed by atoms with Crippen molar-refractivity contribution < 1.29 is 14.6 Å². The third-order valence-corrected chi connectivity index (χ3v) is 6.85. The average molecular weight is 570 g/mol. The summed E-state index contributed by atoms with van der Waals surface area (Å²) in [5.41, 5.74) is 4.25. The van der Waals surface area contributed by atoms with E-state index in [-0.39, 0.29) is 5.75 Å². The molecule has 1 aliphatic rings. The lowest BCUT2D eigenvalue weighted by molar-refractivity contribution is 0.224. The number of benzene rings is 3. The van der Waals surface area contributed by atoms with Gasteiger partial charge in [0, 0.05) is 22.6 Å². The molecule has 1 aromatic heterocycles. The highest BCUT2D eigenvalue weighted by Gasteiger charge is 2.27. The maximum absolute atomic E-state index is 10.3. The summed E-state index contributed by atoms with van der Waals surface area (Å²) in [5, 5.41) is 23.0. The van der Waals surface area contributed by atoms with Gasteiger partial charge in [0.15, 0.2) is 23.4 Å². The van der Waals surface area contributed by atoms with Gasteiger partial charge in [-0.15, -0.1) is 10.2 Å². The molecule has 2 heterocycles. The Morgan fingerprint density at radius 1 is 1.09 bits per heavy atom. The van der Waals surface area contributed by atoms with E-state index in [0.717, 1.165) is 22.6 Å². The lowest BCUT2D eigenvalue weighted by atomic mass is 10.1. The Morgan fingerprint density at radius 2 is 1.88 bits per heavy atom. The number of hydrogen-bond acceptors (Lipinski definition) is 8. The molecule has 0 spiro atoms. The molecule has 5 rings (SSSR count). The molecule has 3 aromatic carbocycles. The Hall–Kier alpha value is -3.05. The summed E-state index contributed by atoms with van der Waals surface area (Å²) >= 11 is 3.57. The Bertz CT molecular complexity index is 1310. The van der Waals surface area contributed by atoms with Crippen molar-refractivity contribution in [2.75, 3.05) is 12.4 Å². The molecule has 7 nitrogen and oxygen atoms in total. The first-order valence-electron chi connectivity index (χ1n) is 10.1. The zero-order valence-electron chi connectivity index (χ0n) is 17.5. The van der Waals surface area contributed by atoms with Gasteiger partial charge in [0.05, 0.1) is 10.7 Å². The SMILES string of the molecule is COc1cc([C@H]2Nc3ccccc3-c3nnc(SCc4ccccc4)nc3O2)cc(I)c1O. The molecule has 2 N–H and O–H groups in total. The maximum Gasteiger partial charge on any atom is 0.247 e. The third-order valence-electron chi connectivity index (χ3n) is 5.12. The molecule has 0 amide bonds. The van der Waals surface area contributed by atoms with Gasteiger partial charge in [-0.3, -0.25) is 0 Å². The topological polar surface area (TPSA) is 89.4 Å². The van der Waals surface area contributed by atoms with Gasteiger partial charge in [-0.25, -0.2) is 0 Å². The van der Waals surface area contributed by atoms with Crippen molar-refractivity contribution in [1.29, 1.82) is 0 Å². The quantitative estimate of drug-likeness (QED) is 0.235. The van der Waals surface area contributed by atoms with Crippen LogP contribution in [0.1, 0.15) is 17.4 Å². The number of aromatic nitrogens is 3. The molecule has 9 heteroatoms. The Labute approximate surface area is 208 Å². The van der Waals surface area contributed by atoms with Crippen molar-refractivity contribution in [2.24, 2.45) is 0 Å². The van der Waals surface area contributed by atoms with Crippen LogP contribution < -0.4 is 14.8 Å². The lowest BCUT2D eigenvalue weighted by Gasteiger charge is -2.20. The van der Waals surface area contributed by atoms with E-state index in [0.29, 0.717) is 26.1 Å². The van der Waals surface area contributed by atoms with E-state index in [1.165, 1.54) is 24.4 Å². The lowest BCUT2D eigenvalue weighted by Crippen LogP contribution is -2.17. The number of phenols is 1. The summed E-state index contributed by atoms with van der Waals surface area (Å²) in [6.07, 6.45) is -0.570. The number of rotatable bonds is 5. The van der Waals surface area contributed by atoms with Gasteiger partial charge in [-0.2, -0.15) is 4.98 Å². The Balaban J connectivity index is 1.52. The van der Waals surface area contributed by atoms with Crippen LogP contribution in [0.5, 0.6) is 17.4 Å². The standard InChI is InChI=1S/C24H19IN4O3S/c1-31-19-12-15(11-17(25)21(19)30)22-26-18-10-6-5-9-16(18)20-23(32-22)27-24(29-28-20)33-13-14-7-3-2-4-8-14/h2-12,22,26,30H,13H2,1H3/t22-/m0/s1. The molecule has 0 bridgehead atoms. The Morgan fingerprint density at radius 3 is 2.70 bits per heavy atom. The number of nitrogens with zero attached hydrogens (tertiary/aromatic N) is 3. The van der Waals surface area contributed by atoms with E-state index >= 15 is 0 Å². The van der Waals surface area contributed by atoms with Crippen LogP contribution in [0.3, 0.4) is 0 Å². The van der Waals surface area contributed by atoms with E-state index < -0.39 is 6.23 Å². The monoisotopic (exact) mass is 570 g/mol. The minimum atomic E-state index is -0.570. The number of fused-ring (bicyclic) bond motifs is 3. The number of halogens is 1. The highest BCUT2D eigenvalue weighted by molar-refractivity contribution is 14.1. The summed E-state index contributed by atoms with van der Waals surface area (Å²) in [4.78, 5) is 4.69. The highest BCUT2D eigenvalue weighted by atomic mass is 127. The van der Waals surface area contributed by atoms with Gasteiger partial charge < -0.3 is 19.9 Å². The number of hydrogen-bond donors (Lipinski definition) is 2. The molecule has 1 atom stereocenters. The van der Waals surface area contributed by atoms with Crippen molar-refractivity contribution >= 4 is 40.0 Å². The second kappa shape index (κ2) is 9.44. The summed E-state index contributed by atoms with van der Waals surface area (Å²) in [6, 6.07) is 21.6. The van der Waals surface area contributed by atoms with Gasteiger partial charge in [0.2, 0.25) is 11.0 Å². The largest absolute Gasteiger partial charge is 0.504 e. The third kappa shape index (κ3) is 4.55. The number of ether oxygens (including phenoxy) is 2. The minimum Gasteiger partial charge on any atom is -0.504 e. The molecule has 166 valence electrons. The van der Waals surface area contributed by atoms with Gasteiger partial charge in [0.25, 0.3) is 0 Å². The predicted molar refractivity (Wildman–Crippen MR) is 136 cm³/mol.